The lowest BCUT2D eigenvalue weighted by Crippen LogP contribution is -2.17. The van der Waals surface area contributed by atoms with Gasteiger partial charge < -0.3 is 14.0 Å². The number of amidine groups is 1. The van der Waals surface area contributed by atoms with Gasteiger partial charge in [-0.2, -0.15) is 4.99 Å². The Morgan fingerprint density at radius 1 is 0.564 bits per heavy atom. The van der Waals surface area contributed by atoms with Crippen molar-refractivity contribution in [1.82, 2.24) is 14.5 Å². The van der Waals surface area contributed by atoms with Crippen molar-refractivity contribution in [2.45, 2.75) is 0 Å². The zero-order chi connectivity index (χ0) is 36.2. The highest BCUT2D eigenvalue weighted by Crippen LogP contribution is 2.49. The van der Waals surface area contributed by atoms with Gasteiger partial charge >= 0.3 is 0 Å². The van der Waals surface area contributed by atoms with E-state index in [1.165, 1.54) is 43.8 Å². The maximum atomic E-state index is 9.28. The van der Waals surface area contributed by atoms with Gasteiger partial charge in [-0.15, -0.1) is 0 Å². The molecule has 0 amide bonds. The summed E-state index contributed by atoms with van der Waals surface area (Å²) in [6.07, 6.45) is 0. The van der Waals surface area contributed by atoms with Crippen molar-refractivity contribution < 1.29 is 4.42 Å². The number of nitrogens with zero attached hydrogens (tertiary/aromatic N) is 3. The fourth-order valence-electron chi connectivity index (χ4n) is 8.83. The molecule has 0 unspecified atom stereocenters. The van der Waals surface area contributed by atoms with Crippen LogP contribution in [0.1, 0.15) is 5.56 Å². The third-order valence-electron chi connectivity index (χ3n) is 11.2. The fourth-order valence-corrected chi connectivity index (χ4v) is 8.83. The Kier molecular flexibility index (Phi) is 6.11. The minimum absolute atomic E-state index is 0.115. The smallest absolute Gasteiger partial charge is 0.229 e. The summed E-state index contributed by atoms with van der Waals surface area (Å²) in [4.78, 5) is 13.2. The number of benzene rings is 8. The number of aromatic amines is 1. The number of H-pyrrole nitrogens is 1. The maximum Gasteiger partial charge on any atom is 0.229 e. The molecular formula is C49H29N5O. The summed E-state index contributed by atoms with van der Waals surface area (Å²) >= 11 is 0. The molecule has 0 radical (unpaired) electrons. The van der Waals surface area contributed by atoms with E-state index >= 15 is 0 Å². The highest BCUT2D eigenvalue weighted by atomic mass is 16.3. The molecule has 6 nitrogen and oxygen atoms in total. The van der Waals surface area contributed by atoms with Crippen LogP contribution in [0.5, 0.6) is 0 Å². The van der Waals surface area contributed by atoms with E-state index in [1.807, 2.05) is 54.6 Å². The minimum Gasteiger partial charge on any atom is -0.456 e. The van der Waals surface area contributed by atoms with E-state index in [0.29, 0.717) is 11.2 Å². The van der Waals surface area contributed by atoms with Crippen LogP contribution in [-0.4, -0.2) is 20.4 Å². The number of para-hydroxylation sites is 2. The van der Waals surface area contributed by atoms with Crippen molar-refractivity contribution in [3.63, 3.8) is 0 Å². The summed E-state index contributed by atoms with van der Waals surface area (Å²) in [6, 6.07) is 56.9. The lowest BCUT2D eigenvalue weighted by molar-refractivity contribution is 0.669. The summed E-state index contributed by atoms with van der Waals surface area (Å²) in [5.74, 6) is 0.115. The van der Waals surface area contributed by atoms with Gasteiger partial charge in [0.2, 0.25) is 5.62 Å². The van der Waals surface area contributed by atoms with Crippen LogP contribution in [0.15, 0.2) is 173 Å². The topological polar surface area (TPSA) is 83.0 Å². The second-order valence-electron chi connectivity index (χ2n) is 14.2. The Balaban J connectivity index is 1.02. The number of aromatic nitrogens is 3. The molecule has 0 saturated carbocycles. The van der Waals surface area contributed by atoms with Crippen molar-refractivity contribution in [3.8, 4) is 39.2 Å². The van der Waals surface area contributed by atoms with Crippen LogP contribution in [0.2, 0.25) is 0 Å². The first-order valence-corrected chi connectivity index (χ1v) is 18.4. The lowest BCUT2D eigenvalue weighted by atomic mass is 9.93. The summed E-state index contributed by atoms with van der Waals surface area (Å²) in [7, 11) is 0. The van der Waals surface area contributed by atoms with E-state index in [-0.39, 0.29) is 5.84 Å². The number of hydrogen-bond acceptors (Lipinski definition) is 3. The lowest BCUT2D eigenvalue weighted by Gasteiger charge is -2.14. The predicted molar refractivity (Wildman–Crippen MR) is 224 cm³/mol. The standard InChI is InChI=1S/C49H29N5O/c50-48(53-49-51-39-19-5-3-16-38(39)47(52-49)29-22-24-35-34-15-4-6-21-42(34)55-43(35)27-29)30-11-7-12-31(26-30)54-40-20-9-18-37-33-14-2-1-13-32(33)36-17-8-10-28-23-25-41(54)46(44(28)36)45(37)40/h1-27H,(H2,50,51,52,53). The average Bonchev–Trinajstić information content (AvgIpc) is 3.75. The van der Waals surface area contributed by atoms with E-state index in [0.717, 1.165) is 60.8 Å². The average molecular weight is 704 g/mol. The Morgan fingerprint density at radius 2 is 1.27 bits per heavy atom. The number of furan rings is 1. The third kappa shape index (κ3) is 4.33. The number of fused-ring (bicyclic) bond motifs is 7. The first-order chi connectivity index (χ1) is 27.2. The zero-order valence-corrected chi connectivity index (χ0v) is 29.3. The summed E-state index contributed by atoms with van der Waals surface area (Å²) in [6.45, 7) is 0. The van der Waals surface area contributed by atoms with Gasteiger partial charge in [0.05, 0.1) is 22.2 Å². The Hall–Kier alpha value is -7.57. The quantitative estimate of drug-likeness (QED) is 0.142. The van der Waals surface area contributed by atoms with E-state index in [4.69, 9.17) is 14.4 Å². The molecule has 1 aliphatic rings. The molecule has 3 heterocycles. The van der Waals surface area contributed by atoms with Gasteiger partial charge in [-0.25, -0.2) is 4.98 Å². The Morgan fingerprint density at radius 3 is 2.16 bits per heavy atom. The molecule has 11 aromatic rings. The SMILES string of the molecule is N=C(/N=c1/nc(-c2ccc3c(c2)oc2ccccc23)c2ccccc2[nH]1)c1cccc(-n2c3cccc4c3c3c5c(cccc5ccc32)-c2ccccc2-4)c1. The summed E-state index contributed by atoms with van der Waals surface area (Å²) < 4.78 is 8.57. The van der Waals surface area contributed by atoms with E-state index in [2.05, 4.69) is 119 Å². The van der Waals surface area contributed by atoms with Crippen LogP contribution < -0.4 is 5.62 Å². The maximum absolute atomic E-state index is 9.28. The molecule has 0 fully saturated rings. The molecule has 0 atom stereocenters. The van der Waals surface area contributed by atoms with Crippen molar-refractivity contribution in [2.75, 3.05) is 0 Å². The molecule has 8 aromatic carbocycles. The van der Waals surface area contributed by atoms with Crippen LogP contribution in [-0.2, 0) is 0 Å². The molecule has 6 heteroatoms. The van der Waals surface area contributed by atoms with E-state index < -0.39 is 0 Å². The number of hydrogen-bond donors (Lipinski definition) is 2. The molecular weight excluding hydrogens is 675 g/mol. The molecule has 0 spiro atoms. The third-order valence-corrected chi connectivity index (χ3v) is 11.2. The first-order valence-electron chi connectivity index (χ1n) is 18.4. The predicted octanol–water partition coefficient (Wildman–Crippen LogP) is 12.0. The van der Waals surface area contributed by atoms with Gasteiger partial charge in [0.1, 0.15) is 11.2 Å². The van der Waals surface area contributed by atoms with Gasteiger partial charge in [-0.1, -0.05) is 115 Å². The van der Waals surface area contributed by atoms with Crippen LogP contribution in [0.25, 0.3) is 105 Å². The van der Waals surface area contributed by atoms with E-state index in [1.54, 1.807) is 0 Å². The monoisotopic (exact) mass is 703 g/mol. The van der Waals surface area contributed by atoms with Gasteiger partial charge in [-0.05, 0) is 81.6 Å². The van der Waals surface area contributed by atoms with Crippen molar-refractivity contribution >= 4 is 71.3 Å². The van der Waals surface area contributed by atoms with Crippen molar-refractivity contribution in [2.24, 2.45) is 4.99 Å². The van der Waals surface area contributed by atoms with Crippen LogP contribution >= 0.6 is 0 Å². The molecule has 0 aliphatic heterocycles. The molecule has 1 aliphatic carbocycles. The van der Waals surface area contributed by atoms with Gasteiger partial charge in [0.25, 0.3) is 0 Å². The molecule has 12 rings (SSSR count). The second-order valence-corrected chi connectivity index (χ2v) is 14.2. The summed E-state index contributed by atoms with van der Waals surface area (Å²) in [5, 5.41) is 17.4. The first kappa shape index (κ1) is 29.9. The van der Waals surface area contributed by atoms with Gasteiger partial charge in [-0.3, -0.25) is 5.41 Å². The van der Waals surface area contributed by atoms with Crippen LogP contribution in [0, 0.1) is 5.41 Å². The second kappa shape index (κ2) is 11.2. The van der Waals surface area contributed by atoms with Crippen molar-refractivity contribution in [3.05, 3.63) is 175 Å². The van der Waals surface area contributed by atoms with Gasteiger partial charge in [0, 0.05) is 43.7 Å². The van der Waals surface area contributed by atoms with E-state index in [9.17, 15) is 5.41 Å². The number of nitrogens with one attached hydrogen (secondary N) is 2. The molecule has 0 bridgehead atoms. The molecule has 3 aromatic heterocycles. The Bertz CT molecular complexity index is 3530. The molecule has 0 saturated heterocycles. The molecule has 55 heavy (non-hydrogen) atoms. The molecule has 2 N–H and O–H groups in total. The normalized spacial score (nSPS) is 12.5. The largest absolute Gasteiger partial charge is 0.456 e. The fraction of sp³-hybridized carbons (Fsp3) is 0. The number of rotatable bonds is 3. The highest BCUT2D eigenvalue weighted by Gasteiger charge is 2.24. The molecule has 256 valence electrons. The van der Waals surface area contributed by atoms with Crippen LogP contribution in [0.3, 0.4) is 0 Å². The van der Waals surface area contributed by atoms with Gasteiger partial charge in [0.15, 0.2) is 5.84 Å². The Labute approximate surface area is 313 Å². The minimum atomic E-state index is 0.115. The zero-order valence-electron chi connectivity index (χ0n) is 29.3. The van der Waals surface area contributed by atoms with Crippen molar-refractivity contribution in [1.29, 1.82) is 5.41 Å². The summed E-state index contributed by atoms with van der Waals surface area (Å²) in [5.41, 5.74) is 13.5. The van der Waals surface area contributed by atoms with Crippen LogP contribution in [0.4, 0.5) is 0 Å². The highest BCUT2D eigenvalue weighted by molar-refractivity contribution is 6.30.